The Morgan fingerprint density at radius 2 is 2.22 bits per heavy atom. The van der Waals surface area contributed by atoms with E-state index in [9.17, 15) is 4.79 Å². The molecule has 0 amide bonds. The van der Waals surface area contributed by atoms with Gasteiger partial charge in [0.25, 0.3) is 0 Å². The molecular formula is C14H17NO3. The van der Waals surface area contributed by atoms with Crippen LogP contribution in [0.4, 0.5) is 0 Å². The maximum Gasteiger partial charge on any atom is 0.303 e. The van der Waals surface area contributed by atoms with Crippen LogP contribution in [0.3, 0.4) is 0 Å². The molecule has 1 aromatic carbocycles. The van der Waals surface area contributed by atoms with Gasteiger partial charge in [0, 0.05) is 31.1 Å². The first-order chi connectivity index (χ1) is 8.61. The number of nitrogens with zero attached hydrogens (tertiary/aromatic N) is 1. The zero-order valence-electron chi connectivity index (χ0n) is 10.6. The number of aryl methyl sites for hydroxylation is 2. The minimum Gasteiger partial charge on any atom is -0.494 e. The maximum atomic E-state index is 10.6. The van der Waals surface area contributed by atoms with Gasteiger partial charge in [-0.05, 0) is 31.0 Å². The molecule has 4 heteroatoms. The monoisotopic (exact) mass is 247 g/mol. The molecule has 0 aliphatic heterocycles. The zero-order valence-corrected chi connectivity index (χ0v) is 10.6. The van der Waals surface area contributed by atoms with Crippen molar-refractivity contribution in [2.45, 2.75) is 19.8 Å². The highest BCUT2D eigenvalue weighted by atomic mass is 16.5. The Hall–Kier alpha value is -1.97. The first kappa shape index (κ1) is 12.5. The summed E-state index contributed by atoms with van der Waals surface area (Å²) >= 11 is 0. The van der Waals surface area contributed by atoms with E-state index in [1.165, 1.54) is 0 Å². The highest BCUT2D eigenvalue weighted by Gasteiger charge is 2.09. The van der Waals surface area contributed by atoms with Crippen LogP contribution in [0.15, 0.2) is 24.4 Å². The van der Waals surface area contributed by atoms with Crippen molar-refractivity contribution >= 4 is 16.9 Å². The average molecular weight is 247 g/mol. The average Bonchev–Trinajstić information content (AvgIpc) is 2.64. The van der Waals surface area contributed by atoms with Crippen LogP contribution in [0.2, 0.25) is 0 Å². The van der Waals surface area contributed by atoms with Crippen molar-refractivity contribution in [2.75, 3.05) is 6.61 Å². The first-order valence-corrected chi connectivity index (χ1v) is 6.04. The van der Waals surface area contributed by atoms with E-state index < -0.39 is 5.97 Å². The summed E-state index contributed by atoms with van der Waals surface area (Å²) in [6.07, 6.45) is 2.70. The van der Waals surface area contributed by atoms with Gasteiger partial charge >= 0.3 is 5.97 Å². The van der Waals surface area contributed by atoms with Crippen LogP contribution in [-0.4, -0.2) is 22.2 Å². The molecule has 0 unspecified atom stereocenters. The Kier molecular flexibility index (Phi) is 3.55. The summed E-state index contributed by atoms with van der Waals surface area (Å²) in [4.78, 5) is 10.6. The Bertz CT molecular complexity index is 572. The standard InChI is InChI=1S/C14H17NO3/c1-3-18-11-5-6-12-10(4-7-14(16)17)9-15(2)13(12)8-11/h5-6,8-9H,3-4,7H2,1-2H3,(H,16,17). The summed E-state index contributed by atoms with van der Waals surface area (Å²) in [7, 11) is 1.96. The highest BCUT2D eigenvalue weighted by Crippen LogP contribution is 2.26. The number of rotatable bonds is 5. The van der Waals surface area contributed by atoms with E-state index in [4.69, 9.17) is 9.84 Å². The summed E-state index contributed by atoms with van der Waals surface area (Å²) < 4.78 is 7.48. The van der Waals surface area contributed by atoms with Gasteiger partial charge in [0.1, 0.15) is 5.75 Å². The second-order valence-corrected chi connectivity index (χ2v) is 4.27. The SMILES string of the molecule is CCOc1ccc2c(CCC(=O)O)cn(C)c2c1. The second-order valence-electron chi connectivity index (χ2n) is 4.27. The number of carboxylic acids is 1. The molecule has 96 valence electrons. The van der Waals surface area contributed by atoms with Gasteiger partial charge in [-0.3, -0.25) is 4.79 Å². The van der Waals surface area contributed by atoms with Crippen molar-refractivity contribution in [1.82, 2.24) is 4.57 Å². The van der Waals surface area contributed by atoms with Gasteiger partial charge in [0.2, 0.25) is 0 Å². The predicted molar refractivity (Wildman–Crippen MR) is 70.0 cm³/mol. The maximum absolute atomic E-state index is 10.6. The van der Waals surface area contributed by atoms with Crippen LogP contribution in [-0.2, 0) is 18.3 Å². The third-order valence-electron chi connectivity index (χ3n) is 2.96. The number of aliphatic carboxylic acids is 1. The van der Waals surface area contributed by atoms with Gasteiger partial charge in [0.05, 0.1) is 12.1 Å². The molecule has 18 heavy (non-hydrogen) atoms. The molecule has 0 bridgehead atoms. The van der Waals surface area contributed by atoms with Crippen LogP contribution < -0.4 is 4.74 Å². The van der Waals surface area contributed by atoms with Gasteiger partial charge in [0.15, 0.2) is 0 Å². The Balaban J connectivity index is 2.36. The number of benzene rings is 1. The zero-order chi connectivity index (χ0) is 13.1. The molecule has 0 fully saturated rings. The van der Waals surface area contributed by atoms with E-state index in [0.29, 0.717) is 13.0 Å². The molecule has 1 aromatic heterocycles. The first-order valence-electron chi connectivity index (χ1n) is 6.04. The van der Waals surface area contributed by atoms with Crippen molar-refractivity contribution in [2.24, 2.45) is 7.05 Å². The third kappa shape index (κ3) is 2.47. The summed E-state index contributed by atoms with van der Waals surface area (Å²) in [6, 6.07) is 5.91. The number of hydrogen-bond acceptors (Lipinski definition) is 2. The van der Waals surface area contributed by atoms with Gasteiger partial charge in [-0.1, -0.05) is 0 Å². The lowest BCUT2D eigenvalue weighted by atomic mass is 10.1. The molecule has 2 rings (SSSR count). The lowest BCUT2D eigenvalue weighted by Gasteiger charge is -2.04. The number of ether oxygens (including phenoxy) is 1. The van der Waals surface area contributed by atoms with Gasteiger partial charge in [-0.2, -0.15) is 0 Å². The molecule has 1 N–H and O–H groups in total. The van der Waals surface area contributed by atoms with E-state index in [0.717, 1.165) is 22.2 Å². The second kappa shape index (κ2) is 5.12. The van der Waals surface area contributed by atoms with Crippen molar-refractivity contribution in [3.05, 3.63) is 30.0 Å². The predicted octanol–water partition coefficient (Wildman–Crippen LogP) is 2.59. The van der Waals surface area contributed by atoms with Crippen LogP contribution >= 0.6 is 0 Å². The van der Waals surface area contributed by atoms with Gasteiger partial charge in [-0.25, -0.2) is 0 Å². The fourth-order valence-electron chi connectivity index (χ4n) is 2.14. The molecular weight excluding hydrogens is 230 g/mol. The van der Waals surface area contributed by atoms with Crippen molar-refractivity contribution < 1.29 is 14.6 Å². The minimum atomic E-state index is -0.766. The summed E-state index contributed by atoms with van der Waals surface area (Å²) in [5.41, 5.74) is 2.14. The summed E-state index contributed by atoms with van der Waals surface area (Å²) in [5.74, 6) is 0.0777. The van der Waals surface area contributed by atoms with E-state index in [1.54, 1.807) is 0 Å². The number of carboxylic acid groups (broad SMARTS) is 1. The molecule has 0 radical (unpaired) electrons. The summed E-state index contributed by atoms with van der Waals surface area (Å²) in [5, 5.41) is 9.84. The van der Waals surface area contributed by atoms with Gasteiger partial charge < -0.3 is 14.4 Å². The van der Waals surface area contributed by atoms with Crippen molar-refractivity contribution in [3.63, 3.8) is 0 Å². The Morgan fingerprint density at radius 3 is 2.89 bits per heavy atom. The fraction of sp³-hybridized carbons (Fsp3) is 0.357. The van der Waals surface area contributed by atoms with Crippen LogP contribution in [0, 0.1) is 0 Å². The lowest BCUT2D eigenvalue weighted by molar-refractivity contribution is -0.136. The third-order valence-corrected chi connectivity index (χ3v) is 2.96. The smallest absolute Gasteiger partial charge is 0.303 e. The number of carbonyl (C=O) groups is 1. The van der Waals surface area contributed by atoms with Crippen LogP contribution in [0.5, 0.6) is 5.75 Å². The molecule has 0 atom stereocenters. The van der Waals surface area contributed by atoms with E-state index in [-0.39, 0.29) is 6.42 Å². The molecule has 0 saturated carbocycles. The molecule has 0 aliphatic carbocycles. The van der Waals surface area contributed by atoms with Crippen LogP contribution in [0.1, 0.15) is 18.9 Å². The number of aromatic nitrogens is 1. The number of hydrogen-bond donors (Lipinski definition) is 1. The van der Waals surface area contributed by atoms with Crippen molar-refractivity contribution in [1.29, 1.82) is 0 Å². The largest absolute Gasteiger partial charge is 0.494 e. The Labute approximate surface area is 106 Å². The van der Waals surface area contributed by atoms with Crippen molar-refractivity contribution in [3.8, 4) is 5.75 Å². The van der Waals surface area contributed by atoms with E-state index >= 15 is 0 Å². The topological polar surface area (TPSA) is 51.5 Å². The lowest BCUT2D eigenvalue weighted by Crippen LogP contribution is -1.96. The van der Waals surface area contributed by atoms with E-state index in [2.05, 4.69) is 0 Å². The van der Waals surface area contributed by atoms with Crippen LogP contribution in [0.25, 0.3) is 10.9 Å². The molecule has 0 spiro atoms. The number of fused-ring (bicyclic) bond motifs is 1. The quantitative estimate of drug-likeness (QED) is 0.883. The molecule has 0 aliphatic rings. The molecule has 2 aromatic rings. The minimum absolute atomic E-state index is 0.159. The normalized spacial score (nSPS) is 10.8. The molecule has 0 saturated heterocycles. The molecule has 1 heterocycles. The van der Waals surface area contributed by atoms with E-state index in [1.807, 2.05) is 42.9 Å². The molecule has 4 nitrogen and oxygen atoms in total. The Morgan fingerprint density at radius 1 is 1.44 bits per heavy atom. The van der Waals surface area contributed by atoms with Gasteiger partial charge in [-0.15, -0.1) is 0 Å². The highest BCUT2D eigenvalue weighted by molar-refractivity contribution is 5.85. The fourth-order valence-corrected chi connectivity index (χ4v) is 2.14. The summed E-state index contributed by atoms with van der Waals surface area (Å²) in [6.45, 7) is 2.59.